The molecule has 0 saturated carbocycles. The van der Waals surface area contributed by atoms with E-state index in [4.69, 9.17) is 4.42 Å². The van der Waals surface area contributed by atoms with Crippen LogP contribution in [0.2, 0.25) is 0 Å². The Hall–Kier alpha value is -7.22. The highest BCUT2D eigenvalue weighted by Crippen LogP contribution is 2.46. The molecule has 1 heterocycles. The Balaban J connectivity index is 1.03. The van der Waals surface area contributed by atoms with Crippen molar-refractivity contribution in [2.45, 2.75) is 0 Å². The highest BCUT2D eigenvalue weighted by Gasteiger charge is 2.19. The molecule has 0 aliphatic rings. The lowest BCUT2D eigenvalue weighted by atomic mass is 9.85. The Labute approximate surface area is 317 Å². The summed E-state index contributed by atoms with van der Waals surface area (Å²) in [5.74, 6) is 0. The van der Waals surface area contributed by atoms with Crippen LogP contribution in [0.5, 0.6) is 0 Å². The normalized spacial score (nSPS) is 12.0. The molecule has 0 N–H and O–H groups in total. The predicted molar refractivity (Wildman–Crippen MR) is 235 cm³/mol. The van der Waals surface area contributed by atoms with E-state index in [-0.39, 0.29) is 0 Å². The van der Waals surface area contributed by atoms with E-state index < -0.39 is 0 Å². The Morgan fingerprint density at radius 2 is 0.655 bits per heavy atom. The predicted octanol–water partition coefficient (Wildman–Crippen LogP) is 15.5. The maximum Gasteiger partial charge on any atom is 0.136 e. The summed E-state index contributed by atoms with van der Waals surface area (Å²) in [5.41, 5.74) is 9.17. The fraction of sp³-hybridized carbons (Fsp3) is 0. The summed E-state index contributed by atoms with van der Waals surface area (Å²) in [7, 11) is 0. The standard InChI is InChI=1S/C54H32O/c1-2-12-38-34(11-1)26-30-51-54(38)49-32-37(27-29-50(49)55-51)53-46-19-9-7-17-44(46)52(45-18-8-10-20-47(45)53)35-23-21-33(22-24-35)36-25-28-43-41-15-4-3-13-39(41)40-14-5-6-16-42(40)48(43)31-36/h1-32H. The van der Waals surface area contributed by atoms with Crippen molar-refractivity contribution >= 4 is 86.6 Å². The molecule has 0 radical (unpaired) electrons. The number of furan rings is 1. The summed E-state index contributed by atoms with van der Waals surface area (Å²) < 4.78 is 6.40. The van der Waals surface area contributed by atoms with Crippen molar-refractivity contribution in [1.29, 1.82) is 0 Å². The van der Waals surface area contributed by atoms with Gasteiger partial charge in [0.1, 0.15) is 11.2 Å². The number of benzene rings is 11. The molecule has 55 heavy (non-hydrogen) atoms. The van der Waals surface area contributed by atoms with Crippen molar-refractivity contribution in [2.75, 3.05) is 0 Å². The molecule has 0 saturated heterocycles. The van der Waals surface area contributed by atoms with Gasteiger partial charge in [0, 0.05) is 10.8 Å². The van der Waals surface area contributed by atoms with E-state index in [0.717, 1.165) is 16.6 Å². The largest absolute Gasteiger partial charge is 0.456 e. The van der Waals surface area contributed by atoms with Gasteiger partial charge in [0.2, 0.25) is 0 Å². The van der Waals surface area contributed by atoms with Crippen molar-refractivity contribution in [3.05, 3.63) is 194 Å². The molecular weight excluding hydrogens is 665 g/mol. The minimum absolute atomic E-state index is 0.911. The van der Waals surface area contributed by atoms with Crippen LogP contribution in [0.3, 0.4) is 0 Å². The summed E-state index contributed by atoms with van der Waals surface area (Å²) >= 11 is 0. The van der Waals surface area contributed by atoms with Crippen LogP contribution in [0.15, 0.2) is 199 Å². The molecular formula is C54H32O. The zero-order valence-corrected chi connectivity index (χ0v) is 29.9. The summed E-state index contributed by atoms with van der Waals surface area (Å²) in [5, 5.41) is 17.5. The summed E-state index contributed by atoms with van der Waals surface area (Å²) in [6, 6.07) is 71.1. The third kappa shape index (κ3) is 4.48. The molecule has 12 rings (SSSR count). The SMILES string of the molecule is c1ccc2c(c1)ccc1oc3ccc(-c4c5ccccc5c(-c5ccc(-c6ccc7c8ccccc8c8ccccc8c7c6)cc5)c5ccccc45)cc3c12. The molecule has 0 fully saturated rings. The molecule has 0 unspecified atom stereocenters. The van der Waals surface area contributed by atoms with Crippen LogP contribution in [-0.2, 0) is 0 Å². The van der Waals surface area contributed by atoms with Gasteiger partial charge in [-0.2, -0.15) is 0 Å². The number of rotatable bonds is 3. The topological polar surface area (TPSA) is 13.1 Å². The molecule has 0 amide bonds. The maximum absolute atomic E-state index is 6.40. The van der Waals surface area contributed by atoms with Gasteiger partial charge in [-0.05, 0) is 122 Å². The van der Waals surface area contributed by atoms with Crippen LogP contribution in [0, 0.1) is 0 Å². The van der Waals surface area contributed by atoms with Gasteiger partial charge in [0.25, 0.3) is 0 Å². The summed E-state index contributed by atoms with van der Waals surface area (Å²) in [6.45, 7) is 0. The van der Waals surface area contributed by atoms with Gasteiger partial charge in [0.05, 0.1) is 0 Å². The van der Waals surface area contributed by atoms with Crippen molar-refractivity contribution in [1.82, 2.24) is 0 Å². The van der Waals surface area contributed by atoms with Gasteiger partial charge in [-0.3, -0.25) is 0 Å². The van der Waals surface area contributed by atoms with Crippen LogP contribution >= 0.6 is 0 Å². The van der Waals surface area contributed by atoms with E-state index >= 15 is 0 Å². The summed E-state index contributed by atoms with van der Waals surface area (Å²) in [4.78, 5) is 0. The number of hydrogen-bond acceptors (Lipinski definition) is 1. The first-order valence-corrected chi connectivity index (χ1v) is 19.0. The molecule has 254 valence electrons. The lowest BCUT2D eigenvalue weighted by Crippen LogP contribution is -1.91. The number of fused-ring (bicyclic) bond motifs is 13. The Bertz CT molecular complexity index is 3440. The van der Waals surface area contributed by atoms with Gasteiger partial charge in [-0.25, -0.2) is 0 Å². The van der Waals surface area contributed by atoms with Gasteiger partial charge >= 0.3 is 0 Å². The third-order valence-corrected chi connectivity index (χ3v) is 11.8. The van der Waals surface area contributed by atoms with Crippen molar-refractivity contribution in [3.63, 3.8) is 0 Å². The van der Waals surface area contributed by atoms with Crippen molar-refractivity contribution in [3.8, 4) is 33.4 Å². The van der Waals surface area contributed by atoms with Gasteiger partial charge < -0.3 is 4.42 Å². The lowest BCUT2D eigenvalue weighted by Gasteiger charge is -2.18. The minimum Gasteiger partial charge on any atom is -0.456 e. The molecule has 0 aliphatic carbocycles. The second-order valence-corrected chi connectivity index (χ2v) is 14.7. The molecule has 11 aromatic carbocycles. The monoisotopic (exact) mass is 696 g/mol. The van der Waals surface area contributed by atoms with Crippen LogP contribution < -0.4 is 0 Å². The average Bonchev–Trinajstić information content (AvgIpc) is 3.64. The third-order valence-electron chi connectivity index (χ3n) is 11.8. The highest BCUT2D eigenvalue weighted by atomic mass is 16.3. The van der Waals surface area contributed by atoms with E-state index in [1.54, 1.807) is 0 Å². The Morgan fingerprint density at radius 1 is 0.236 bits per heavy atom. The van der Waals surface area contributed by atoms with E-state index in [9.17, 15) is 0 Å². The molecule has 0 spiro atoms. The first-order chi connectivity index (χ1) is 27.3. The molecule has 12 aromatic rings. The molecule has 0 bridgehead atoms. The molecule has 0 aliphatic heterocycles. The molecule has 1 heteroatoms. The van der Waals surface area contributed by atoms with Crippen LogP contribution in [-0.4, -0.2) is 0 Å². The fourth-order valence-electron chi connectivity index (χ4n) is 9.37. The second-order valence-electron chi connectivity index (χ2n) is 14.7. The van der Waals surface area contributed by atoms with Gasteiger partial charge in [0.15, 0.2) is 0 Å². The zero-order valence-electron chi connectivity index (χ0n) is 29.9. The average molecular weight is 697 g/mol. The van der Waals surface area contributed by atoms with Crippen LogP contribution in [0.25, 0.3) is 120 Å². The van der Waals surface area contributed by atoms with Crippen LogP contribution in [0.4, 0.5) is 0 Å². The minimum atomic E-state index is 0.911. The molecule has 1 nitrogen and oxygen atoms in total. The van der Waals surface area contributed by atoms with Gasteiger partial charge in [-0.1, -0.05) is 170 Å². The highest BCUT2D eigenvalue weighted by molar-refractivity contribution is 6.26. The summed E-state index contributed by atoms with van der Waals surface area (Å²) in [6.07, 6.45) is 0. The van der Waals surface area contributed by atoms with E-state index in [1.165, 1.54) is 103 Å². The molecule has 0 atom stereocenters. The van der Waals surface area contributed by atoms with Crippen molar-refractivity contribution < 1.29 is 4.42 Å². The Kier molecular flexibility index (Phi) is 6.40. The second kappa shape index (κ2) is 11.6. The Morgan fingerprint density at radius 3 is 1.27 bits per heavy atom. The zero-order chi connectivity index (χ0) is 36.0. The molecule has 1 aromatic heterocycles. The van der Waals surface area contributed by atoms with E-state index in [0.29, 0.717) is 0 Å². The maximum atomic E-state index is 6.40. The van der Waals surface area contributed by atoms with E-state index in [2.05, 4.69) is 194 Å². The van der Waals surface area contributed by atoms with Crippen LogP contribution in [0.1, 0.15) is 0 Å². The fourth-order valence-corrected chi connectivity index (χ4v) is 9.37. The van der Waals surface area contributed by atoms with Crippen molar-refractivity contribution in [2.24, 2.45) is 0 Å². The lowest BCUT2D eigenvalue weighted by molar-refractivity contribution is 0.669. The first kappa shape index (κ1) is 30.3. The number of hydrogen-bond donors (Lipinski definition) is 0. The smallest absolute Gasteiger partial charge is 0.136 e. The van der Waals surface area contributed by atoms with E-state index in [1.807, 2.05) is 0 Å². The quantitative estimate of drug-likeness (QED) is 0.132. The van der Waals surface area contributed by atoms with Gasteiger partial charge in [-0.15, -0.1) is 0 Å². The first-order valence-electron chi connectivity index (χ1n) is 19.0.